The largest absolute Gasteiger partial charge is 0.242 e. The third-order valence-corrected chi connectivity index (χ3v) is 0.915. The molecule has 1 aromatic heterocycles. The molecule has 0 amide bonds. The van der Waals surface area contributed by atoms with Gasteiger partial charge in [0.05, 0.1) is 0 Å². The molecule has 0 aromatic carbocycles. The van der Waals surface area contributed by atoms with Crippen LogP contribution in [0, 0.1) is 13.8 Å². The maximum Gasteiger partial charge on any atom is 0.125 e. The van der Waals surface area contributed by atoms with Gasteiger partial charge in [0.25, 0.3) is 0 Å². The normalized spacial score (nSPS) is 7.17. The first kappa shape index (κ1) is 14.3. The van der Waals surface area contributed by atoms with E-state index in [2.05, 4.69) is 32.6 Å². The van der Waals surface area contributed by atoms with Crippen LogP contribution in [-0.2, 0) is 0 Å². The summed E-state index contributed by atoms with van der Waals surface area (Å²) < 4.78 is 0. The highest BCUT2D eigenvalue weighted by molar-refractivity contribution is 14.1. The summed E-state index contributed by atoms with van der Waals surface area (Å²) in [7, 11) is 0. The Labute approximate surface area is 89.0 Å². The van der Waals surface area contributed by atoms with E-state index in [1.165, 1.54) is 0 Å². The maximum absolute atomic E-state index is 4.06. The highest BCUT2D eigenvalue weighted by Crippen LogP contribution is 1.88. The molecule has 0 aliphatic carbocycles. The predicted octanol–water partition coefficient (Wildman–Crippen LogP) is 3.17. The number of nitrogens with zero attached hydrogens (tertiary/aromatic N) is 2. The zero-order valence-electron chi connectivity index (χ0n) is 8.43. The Balaban J connectivity index is 0. The molecule has 2 nitrogen and oxygen atoms in total. The number of aromatic nitrogens is 2. The van der Waals surface area contributed by atoms with Gasteiger partial charge in [0, 0.05) is 11.9 Å². The lowest BCUT2D eigenvalue weighted by Crippen LogP contribution is -1.86. The van der Waals surface area contributed by atoms with Crippen molar-refractivity contribution in [2.24, 2.45) is 0 Å². The molecule has 0 bridgehead atoms. The lowest BCUT2D eigenvalue weighted by atomic mass is 10.4. The van der Waals surface area contributed by atoms with E-state index < -0.39 is 0 Å². The smallest absolute Gasteiger partial charge is 0.125 e. The Hall–Kier alpha value is -0.190. The first-order valence-corrected chi connectivity index (χ1v) is 6.09. The van der Waals surface area contributed by atoms with Crippen molar-refractivity contribution in [3.63, 3.8) is 0 Å². The zero-order valence-corrected chi connectivity index (χ0v) is 10.6. The van der Waals surface area contributed by atoms with E-state index in [1.807, 2.05) is 38.7 Å². The number of aryl methyl sites for hydroxylation is 2. The van der Waals surface area contributed by atoms with Crippen LogP contribution < -0.4 is 0 Å². The molecule has 0 N–H and O–H groups in total. The minimum Gasteiger partial charge on any atom is -0.242 e. The molecular formula is C9H17IN2. The van der Waals surface area contributed by atoms with E-state index in [-0.39, 0.29) is 0 Å². The molecule has 1 aromatic rings. The summed E-state index contributed by atoms with van der Waals surface area (Å²) in [4.78, 5) is 9.96. The molecule has 0 radical (unpaired) electrons. The summed E-state index contributed by atoms with van der Waals surface area (Å²) in [6.45, 7) is 7.84. The molecule has 0 unspecified atom stereocenters. The van der Waals surface area contributed by atoms with Crippen LogP contribution in [0.4, 0.5) is 0 Å². The molecule has 0 fully saturated rings. The van der Waals surface area contributed by atoms with Crippen LogP contribution in [0.15, 0.2) is 12.3 Å². The Bertz CT molecular complexity index is 172. The Morgan fingerprint density at radius 3 is 1.92 bits per heavy atom. The van der Waals surface area contributed by atoms with Crippen LogP contribution in [0.5, 0.6) is 0 Å². The standard InChI is InChI=1S/C6H8N2.C2H6.CH3I/c1-5-3-4-7-6(2)8-5;2*1-2/h3-4H,1-2H3;1-2H3;1H3. The molecule has 0 saturated carbocycles. The van der Waals surface area contributed by atoms with Crippen molar-refractivity contribution in [2.45, 2.75) is 27.7 Å². The van der Waals surface area contributed by atoms with Crippen molar-refractivity contribution in [2.75, 3.05) is 4.93 Å². The van der Waals surface area contributed by atoms with Gasteiger partial charge in [0.15, 0.2) is 0 Å². The second kappa shape index (κ2) is 10.8. The summed E-state index contributed by atoms with van der Waals surface area (Å²) in [5.74, 6) is 0.838. The number of rotatable bonds is 0. The average molecular weight is 280 g/mol. The molecule has 1 rings (SSSR count). The number of hydrogen-bond acceptors (Lipinski definition) is 2. The summed E-state index contributed by atoms with van der Waals surface area (Å²) in [5, 5.41) is 0. The van der Waals surface area contributed by atoms with Gasteiger partial charge in [0.2, 0.25) is 0 Å². The van der Waals surface area contributed by atoms with Crippen molar-refractivity contribution in [1.82, 2.24) is 9.97 Å². The Kier molecular flexibility index (Phi) is 12.9. The van der Waals surface area contributed by atoms with Gasteiger partial charge in [0.1, 0.15) is 5.82 Å². The van der Waals surface area contributed by atoms with Crippen molar-refractivity contribution >= 4 is 22.6 Å². The van der Waals surface area contributed by atoms with Gasteiger partial charge in [-0.2, -0.15) is 0 Å². The molecule has 70 valence electrons. The van der Waals surface area contributed by atoms with Crippen molar-refractivity contribution in [3.8, 4) is 0 Å². The van der Waals surface area contributed by atoms with E-state index in [0.717, 1.165) is 11.5 Å². The summed E-state index contributed by atoms with van der Waals surface area (Å²) in [6, 6.07) is 1.88. The van der Waals surface area contributed by atoms with Crippen LogP contribution in [0.1, 0.15) is 25.4 Å². The third-order valence-electron chi connectivity index (χ3n) is 0.915. The first-order valence-electron chi connectivity index (χ1n) is 3.93. The molecule has 0 aliphatic rings. The van der Waals surface area contributed by atoms with E-state index >= 15 is 0 Å². The highest BCUT2D eigenvalue weighted by atomic mass is 127. The lowest BCUT2D eigenvalue weighted by Gasteiger charge is -1.89. The second-order valence-corrected chi connectivity index (χ2v) is 1.75. The van der Waals surface area contributed by atoms with E-state index in [0.29, 0.717) is 0 Å². The molecule has 0 saturated heterocycles. The van der Waals surface area contributed by atoms with Gasteiger partial charge in [-0.1, -0.05) is 36.4 Å². The highest BCUT2D eigenvalue weighted by Gasteiger charge is 1.83. The first-order chi connectivity index (χ1) is 5.79. The fourth-order valence-electron chi connectivity index (χ4n) is 0.574. The maximum atomic E-state index is 4.06. The summed E-state index contributed by atoms with van der Waals surface area (Å²) in [6.07, 6.45) is 1.76. The number of halogens is 1. The van der Waals surface area contributed by atoms with Crippen molar-refractivity contribution < 1.29 is 0 Å². The molecule has 3 heteroatoms. The lowest BCUT2D eigenvalue weighted by molar-refractivity contribution is 1.01. The van der Waals surface area contributed by atoms with Crippen LogP contribution in [0.3, 0.4) is 0 Å². The van der Waals surface area contributed by atoms with E-state index in [1.54, 1.807) is 6.20 Å². The van der Waals surface area contributed by atoms with Crippen LogP contribution in [0.25, 0.3) is 0 Å². The van der Waals surface area contributed by atoms with Gasteiger partial charge < -0.3 is 0 Å². The number of hydrogen-bond donors (Lipinski definition) is 0. The van der Waals surface area contributed by atoms with Gasteiger partial charge >= 0.3 is 0 Å². The van der Waals surface area contributed by atoms with Crippen molar-refractivity contribution in [1.29, 1.82) is 0 Å². The monoisotopic (exact) mass is 280 g/mol. The zero-order chi connectivity index (χ0) is 9.98. The summed E-state index contributed by atoms with van der Waals surface area (Å²) in [5.41, 5.74) is 1.03. The van der Waals surface area contributed by atoms with Gasteiger partial charge in [-0.05, 0) is 24.8 Å². The Morgan fingerprint density at radius 1 is 1.17 bits per heavy atom. The average Bonchev–Trinajstić information content (AvgIpc) is 2.11. The topological polar surface area (TPSA) is 25.8 Å². The molecule has 1 heterocycles. The molecule has 0 spiro atoms. The molecule has 12 heavy (non-hydrogen) atoms. The van der Waals surface area contributed by atoms with E-state index in [9.17, 15) is 0 Å². The Morgan fingerprint density at radius 2 is 1.67 bits per heavy atom. The number of alkyl halides is 1. The third kappa shape index (κ3) is 7.91. The van der Waals surface area contributed by atoms with Crippen molar-refractivity contribution in [3.05, 3.63) is 23.8 Å². The SMILES string of the molecule is CC.CI.Cc1ccnc(C)n1. The van der Waals surface area contributed by atoms with Crippen LogP contribution in [0.2, 0.25) is 0 Å². The predicted molar refractivity (Wildman–Crippen MR) is 62.8 cm³/mol. The van der Waals surface area contributed by atoms with Gasteiger partial charge in [-0.15, -0.1) is 0 Å². The minimum atomic E-state index is 0.838. The van der Waals surface area contributed by atoms with Gasteiger partial charge in [-0.25, -0.2) is 9.97 Å². The van der Waals surface area contributed by atoms with Crippen LogP contribution >= 0.6 is 22.6 Å². The van der Waals surface area contributed by atoms with E-state index in [4.69, 9.17) is 0 Å². The molecular weight excluding hydrogens is 263 g/mol. The fraction of sp³-hybridized carbons (Fsp3) is 0.556. The minimum absolute atomic E-state index is 0.838. The molecule has 0 aliphatic heterocycles. The quantitative estimate of drug-likeness (QED) is 0.539. The second-order valence-electron chi connectivity index (χ2n) is 1.75. The summed E-state index contributed by atoms with van der Waals surface area (Å²) >= 11 is 2.15. The van der Waals surface area contributed by atoms with Gasteiger partial charge in [-0.3, -0.25) is 0 Å². The fourth-order valence-corrected chi connectivity index (χ4v) is 0.574. The molecule has 0 atom stereocenters. The van der Waals surface area contributed by atoms with Crippen LogP contribution in [-0.4, -0.2) is 14.9 Å².